The molecule has 2 heteroatoms. The minimum atomic E-state index is 0.00213. The van der Waals surface area contributed by atoms with Gasteiger partial charge in [0.15, 0.2) is 0 Å². The van der Waals surface area contributed by atoms with Crippen LogP contribution in [0.3, 0.4) is 0 Å². The highest BCUT2D eigenvalue weighted by molar-refractivity contribution is 5.86. The van der Waals surface area contributed by atoms with Gasteiger partial charge in [0.2, 0.25) is 0 Å². The van der Waals surface area contributed by atoms with Crippen molar-refractivity contribution in [2.24, 2.45) is 5.84 Å². The molecule has 3 N–H and O–H groups in total. The number of rotatable bonds is 3. The van der Waals surface area contributed by atoms with Gasteiger partial charge in [0.25, 0.3) is 0 Å². The summed E-state index contributed by atoms with van der Waals surface area (Å²) in [4.78, 5) is 0. The van der Waals surface area contributed by atoms with Gasteiger partial charge in [-0.3, -0.25) is 5.84 Å². The fraction of sp³-hybridized carbons (Fsp3) is 0.111. The number of aryl methyl sites for hydroxylation is 1. The fourth-order valence-corrected chi connectivity index (χ4v) is 2.76. The van der Waals surface area contributed by atoms with Crippen LogP contribution in [0.15, 0.2) is 66.7 Å². The molecule has 0 aliphatic carbocycles. The Morgan fingerprint density at radius 1 is 0.800 bits per heavy atom. The topological polar surface area (TPSA) is 38.0 Å². The largest absolute Gasteiger partial charge is 0.271 e. The molecule has 100 valence electrons. The Balaban J connectivity index is 2.20. The maximum Gasteiger partial charge on any atom is 0.0718 e. The van der Waals surface area contributed by atoms with Crippen molar-refractivity contribution in [2.75, 3.05) is 0 Å². The molecule has 0 amide bonds. The quantitative estimate of drug-likeness (QED) is 0.558. The molecule has 2 nitrogen and oxygen atoms in total. The van der Waals surface area contributed by atoms with Crippen molar-refractivity contribution < 1.29 is 0 Å². The van der Waals surface area contributed by atoms with Gasteiger partial charge in [-0.2, -0.15) is 0 Å². The molecule has 20 heavy (non-hydrogen) atoms. The molecule has 0 saturated heterocycles. The predicted molar refractivity (Wildman–Crippen MR) is 84.3 cm³/mol. The molecule has 3 rings (SSSR count). The van der Waals surface area contributed by atoms with Crippen molar-refractivity contribution in [3.63, 3.8) is 0 Å². The maximum absolute atomic E-state index is 5.85. The highest BCUT2D eigenvalue weighted by Gasteiger charge is 2.16. The van der Waals surface area contributed by atoms with Gasteiger partial charge in [-0.05, 0) is 34.4 Å². The molecule has 0 aliphatic rings. The first kappa shape index (κ1) is 12.9. The van der Waals surface area contributed by atoms with E-state index in [0.717, 1.165) is 0 Å². The number of fused-ring (bicyclic) bond motifs is 1. The first-order valence-corrected chi connectivity index (χ1v) is 6.80. The summed E-state index contributed by atoms with van der Waals surface area (Å²) in [7, 11) is 0. The SMILES string of the molecule is Cc1ccccc1C(NN)c1cccc2ccccc12. The van der Waals surface area contributed by atoms with Gasteiger partial charge in [0.05, 0.1) is 6.04 Å². The zero-order valence-electron chi connectivity index (χ0n) is 11.5. The molecule has 0 spiro atoms. The van der Waals surface area contributed by atoms with Gasteiger partial charge in [0.1, 0.15) is 0 Å². The lowest BCUT2D eigenvalue weighted by atomic mass is 9.92. The van der Waals surface area contributed by atoms with Crippen LogP contribution in [0.2, 0.25) is 0 Å². The van der Waals surface area contributed by atoms with Gasteiger partial charge in [-0.25, -0.2) is 5.43 Å². The van der Waals surface area contributed by atoms with Gasteiger partial charge in [-0.1, -0.05) is 66.7 Å². The summed E-state index contributed by atoms with van der Waals surface area (Å²) in [6, 6.07) is 23.1. The summed E-state index contributed by atoms with van der Waals surface area (Å²) in [6.45, 7) is 2.12. The Hall–Kier alpha value is -2.16. The summed E-state index contributed by atoms with van der Waals surface area (Å²) in [6.07, 6.45) is 0. The minimum Gasteiger partial charge on any atom is -0.271 e. The third-order valence-corrected chi connectivity index (χ3v) is 3.80. The fourth-order valence-electron chi connectivity index (χ4n) is 2.76. The van der Waals surface area contributed by atoms with Crippen molar-refractivity contribution in [2.45, 2.75) is 13.0 Å². The van der Waals surface area contributed by atoms with Crippen LogP contribution in [-0.2, 0) is 0 Å². The Labute approximate surface area is 119 Å². The summed E-state index contributed by atoms with van der Waals surface area (Å²) in [5, 5.41) is 2.47. The second-order valence-corrected chi connectivity index (χ2v) is 5.02. The zero-order chi connectivity index (χ0) is 13.9. The summed E-state index contributed by atoms with van der Waals surface area (Å²) in [5.41, 5.74) is 6.63. The molecule has 0 fully saturated rings. The molecule has 0 saturated carbocycles. The molecule has 3 aromatic carbocycles. The number of nitrogens with one attached hydrogen (secondary N) is 1. The first-order valence-electron chi connectivity index (χ1n) is 6.80. The molecule has 0 bridgehead atoms. The van der Waals surface area contributed by atoms with Crippen LogP contribution >= 0.6 is 0 Å². The third kappa shape index (κ3) is 2.20. The number of hydrogen-bond acceptors (Lipinski definition) is 2. The smallest absolute Gasteiger partial charge is 0.0718 e. The van der Waals surface area contributed by atoms with Gasteiger partial charge in [-0.15, -0.1) is 0 Å². The van der Waals surface area contributed by atoms with E-state index in [4.69, 9.17) is 5.84 Å². The molecule has 0 radical (unpaired) electrons. The van der Waals surface area contributed by atoms with Crippen molar-refractivity contribution in [3.8, 4) is 0 Å². The average Bonchev–Trinajstić information content (AvgIpc) is 2.50. The number of hydrogen-bond donors (Lipinski definition) is 2. The molecule has 1 unspecified atom stereocenters. The standard InChI is InChI=1S/C18H18N2/c1-13-7-2-4-10-15(13)18(20-19)17-12-6-9-14-8-3-5-11-16(14)17/h2-12,18,20H,19H2,1H3. The Morgan fingerprint density at radius 3 is 2.25 bits per heavy atom. The molecular weight excluding hydrogens is 244 g/mol. The Kier molecular flexibility index (Phi) is 3.50. The van der Waals surface area contributed by atoms with Gasteiger partial charge < -0.3 is 0 Å². The molecule has 0 aromatic heterocycles. The molecular formula is C18H18N2. The predicted octanol–water partition coefficient (Wildman–Crippen LogP) is 3.70. The highest BCUT2D eigenvalue weighted by atomic mass is 15.2. The van der Waals surface area contributed by atoms with E-state index in [0.29, 0.717) is 0 Å². The minimum absolute atomic E-state index is 0.00213. The zero-order valence-corrected chi connectivity index (χ0v) is 11.5. The number of benzene rings is 3. The highest BCUT2D eigenvalue weighted by Crippen LogP contribution is 2.29. The van der Waals surface area contributed by atoms with Crippen LogP contribution in [-0.4, -0.2) is 0 Å². The van der Waals surface area contributed by atoms with Crippen LogP contribution in [0.5, 0.6) is 0 Å². The first-order chi connectivity index (χ1) is 9.81. The number of hydrazine groups is 1. The summed E-state index contributed by atoms with van der Waals surface area (Å²) >= 11 is 0. The number of nitrogens with two attached hydrogens (primary N) is 1. The van der Waals surface area contributed by atoms with Crippen LogP contribution in [0.1, 0.15) is 22.7 Å². The second-order valence-electron chi connectivity index (χ2n) is 5.02. The van der Waals surface area contributed by atoms with Crippen molar-refractivity contribution in [3.05, 3.63) is 83.4 Å². The monoisotopic (exact) mass is 262 g/mol. The Morgan fingerprint density at radius 2 is 1.45 bits per heavy atom. The van der Waals surface area contributed by atoms with Crippen molar-refractivity contribution in [1.29, 1.82) is 0 Å². The van der Waals surface area contributed by atoms with Crippen LogP contribution in [0, 0.1) is 6.92 Å². The van der Waals surface area contributed by atoms with E-state index in [-0.39, 0.29) is 6.04 Å². The second kappa shape index (κ2) is 5.45. The third-order valence-electron chi connectivity index (χ3n) is 3.80. The van der Waals surface area contributed by atoms with E-state index in [1.807, 2.05) is 0 Å². The van der Waals surface area contributed by atoms with E-state index >= 15 is 0 Å². The maximum atomic E-state index is 5.85. The molecule has 0 heterocycles. The van der Waals surface area contributed by atoms with E-state index in [1.54, 1.807) is 0 Å². The summed E-state index contributed by atoms with van der Waals surface area (Å²) in [5.74, 6) is 5.85. The lowest BCUT2D eigenvalue weighted by Gasteiger charge is -2.20. The molecule has 3 aromatic rings. The van der Waals surface area contributed by atoms with Crippen LogP contribution < -0.4 is 11.3 Å². The van der Waals surface area contributed by atoms with Crippen molar-refractivity contribution >= 4 is 10.8 Å². The van der Waals surface area contributed by atoms with E-state index < -0.39 is 0 Å². The lowest BCUT2D eigenvalue weighted by molar-refractivity contribution is 0.638. The molecule has 1 atom stereocenters. The van der Waals surface area contributed by atoms with Gasteiger partial charge >= 0.3 is 0 Å². The van der Waals surface area contributed by atoms with Gasteiger partial charge in [0, 0.05) is 0 Å². The van der Waals surface area contributed by atoms with Crippen LogP contribution in [0.4, 0.5) is 0 Å². The van der Waals surface area contributed by atoms with Crippen LogP contribution in [0.25, 0.3) is 10.8 Å². The normalized spacial score (nSPS) is 12.5. The lowest BCUT2D eigenvalue weighted by Crippen LogP contribution is -2.29. The average molecular weight is 262 g/mol. The van der Waals surface area contributed by atoms with E-state index in [1.165, 1.54) is 27.5 Å². The Bertz CT molecular complexity index is 729. The van der Waals surface area contributed by atoms with Crippen molar-refractivity contribution in [1.82, 2.24) is 5.43 Å². The van der Waals surface area contributed by atoms with E-state index in [9.17, 15) is 0 Å². The van der Waals surface area contributed by atoms with E-state index in [2.05, 4.69) is 79.1 Å². The molecule has 0 aliphatic heterocycles. The summed E-state index contributed by atoms with van der Waals surface area (Å²) < 4.78 is 0.